The lowest BCUT2D eigenvalue weighted by Gasteiger charge is -2.13. The Balaban J connectivity index is 1.97. The van der Waals surface area contributed by atoms with E-state index in [0.29, 0.717) is 17.9 Å². The lowest BCUT2D eigenvalue weighted by atomic mass is 10.2. The van der Waals surface area contributed by atoms with Crippen LogP contribution in [0.3, 0.4) is 0 Å². The van der Waals surface area contributed by atoms with Crippen LogP contribution in [0.5, 0.6) is 5.75 Å². The molecule has 2 rings (SSSR count). The number of ether oxygens (including phenoxy) is 2. The fourth-order valence-corrected chi connectivity index (χ4v) is 2.06. The van der Waals surface area contributed by atoms with Crippen molar-refractivity contribution in [3.05, 3.63) is 29.6 Å². The molecule has 1 aliphatic rings. The Hall–Kier alpha value is -1.57. The summed E-state index contributed by atoms with van der Waals surface area (Å²) in [5.74, 6) is 5.17. The van der Waals surface area contributed by atoms with Gasteiger partial charge in [0.25, 0.3) is 0 Å². The molecule has 4 heteroatoms. The van der Waals surface area contributed by atoms with Crippen LogP contribution in [0.25, 0.3) is 0 Å². The Labute approximate surface area is 112 Å². The predicted octanol–water partition coefficient (Wildman–Crippen LogP) is 2.12. The van der Waals surface area contributed by atoms with E-state index in [4.69, 9.17) is 14.6 Å². The van der Waals surface area contributed by atoms with E-state index in [9.17, 15) is 4.39 Å². The average molecular weight is 264 g/mol. The Bertz CT molecular complexity index is 490. The van der Waals surface area contributed by atoms with Crippen LogP contribution in [0, 0.1) is 17.7 Å². The van der Waals surface area contributed by atoms with Crippen molar-refractivity contribution in [1.82, 2.24) is 0 Å². The molecule has 102 valence electrons. The number of hydrogen-bond donors (Lipinski definition) is 1. The molecule has 1 N–H and O–H groups in total. The Morgan fingerprint density at radius 2 is 2.26 bits per heavy atom. The molecule has 1 aromatic carbocycles. The average Bonchev–Trinajstić information content (AvgIpc) is 2.79. The SMILES string of the molecule is CC1CCC(COc2cc(F)cc(C#CCO)c2)O1. The normalized spacial score (nSPS) is 21.8. The van der Waals surface area contributed by atoms with Gasteiger partial charge in [-0.25, -0.2) is 4.39 Å². The fraction of sp³-hybridized carbons (Fsp3) is 0.467. The summed E-state index contributed by atoms with van der Waals surface area (Å²) in [6.07, 6.45) is 2.34. The molecule has 1 aromatic rings. The van der Waals surface area contributed by atoms with Gasteiger partial charge in [0.1, 0.15) is 24.8 Å². The molecule has 0 amide bonds. The molecule has 1 aliphatic heterocycles. The first kappa shape index (κ1) is 13.9. The second kappa shape index (κ2) is 6.55. The first-order chi connectivity index (χ1) is 9.17. The Morgan fingerprint density at radius 3 is 2.95 bits per heavy atom. The second-order valence-electron chi connectivity index (χ2n) is 4.59. The number of aliphatic hydroxyl groups is 1. The summed E-state index contributed by atoms with van der Waals surface area (Å²) < 4.78 is 24.5. The van der Waals surface area contributed by atoms with Crippen molar-refractivity contribution >= 4 is 0 Å². The lowest BCUT2D eigenvalue weighted by molar-refractivity contribution is 0.0264. The molecular formula is C15H17FO3. The van der Waals surface area contributed by atoms with Gasteiger partial charge in [-0.1, -0.05) is 11.8 Å². The van der Waals surface area contributed by atoms with Gasteiger partial charge in [0.05, 0.1) is 12.2 Å². The van der Waals surface area contributed by atoms with Crippen molar-refractivity contribution in [3.63, 3.8) is 0 Å². The number of rotatable bonds is 3. The first-order valence-electron chi connectivity index (χ1n) is 6.36. The highest BCUT2D eigenvalue weighted by Crippen LogP contribution is 2.21. The summed E-state index contributed by atoms with van der Waals surface area (Å²) in [6.45, 7) is 2.20. The number of benzene rings is 1. The molecule has 2 unspecified atom stereocenters. The van der Waals surface area contributed by atoms with Gasteiger partial charge in [-0.05, 0) is 31.9 Å². The zero-order chi connectivity index (χ0) is 13.7. The van der Waals surface area contributed by atoms with E-state index in [2.05, 4.69) is 11.8 Å². The molecule has 0 radical (unpaired) electrons. The van der Waals surface area contributed by atoms with Crippen LogP contribution >= 0.6 is 0 Å². The van der Waals surface area contributed by atoms with Crippen LogP contribution in [0.1, 0.15) is 25.3 Å². The molecule has 0 bridgehead atoms. The topological polar surface area (TPSA) is 38.7 Å². The molecule has 3 nitrogen and oxygen atoms in total. The zero-order valence-corrected chi connectivity index (χ0v) is 10.9. The summed E-state index contributed by atoms with van der Waals surface area (Å²) in [7, 11) is 0. The summed E-state index contributed by atoms with van der Waals surface area (Å²) in [5.41, 5.74) is 0.491. The van der Waals surface area contributed by atoms with Crippen LogP contribution in [0.4, 0.5) is 4.39 Å². The molecule has 0 saturated carbocycles. The van der Waals surface area contributed by atoms with Gasteiger partial charge in [0, 0.05) is 11.6 Å². The Morgan fingerprint density at radius 1 is 1.42 bits per heavy atom. The summed E-state index contributed by atoms with van der Waals surface area (Å²) >= 11 is 0. The summed E-state index contributed by atoms with van der Waals surface area (Å²) in [5, 5.41) is 8.62. The van der Waals surface area contributed by atoms with Crippen LogP contribution in [0.2, 0.25) is 0 Å². The van der Waals surface area contributed by atoms with Gasteiger partial charge in [0.2, 0.25) is 0 Å². The minimum atomic E-state index is -0.402. The largest absolute Gasteiger partial charge is 0.491 e. The summed E-state index contributed by atoms with van der Waals surface area (Å²) in [4.78, 5) is 0. The third kappa shape index (κ3) is 4.23. The fourth-order valence-electron chi connectivity index (χ4n) is 2.06. The first-order valence-corrected chi connectivity index (χ1v) is 6.36. The maximum atomic E-state index is 13.4. The van der Waals surface area contributed by atoms with Crippen molar-refractivity contribution in [1.29, 1.82) is 0 Å². The monoisotopic (exact) mass is 264 g/mol. The number of hydrogen-bond acceptors (Lipinski definition) is 3. The minimum Gasteiger partial charge on any atom is -0.491 e. The maximum Gasteiger partial charge on any atom is 0.128 e. The van der Waals surface area contributed by atoms with E-state index in [-0.39, 0.29) is 18.8 Å². The second-order valence-corrected chi connectivity index (χ2v) is 4.59. The highest BCUT2D eigenvalue weighted by Gasteiger charge is 2.22. The highest BCUT2D eigenvalue weighted by molar-refractivity contribution is 5.40. The van der Waals surface area contributed by atoms with Gasteiger partial charge in [0.15, 0.2) is 0 Å². The van der Waals surface area contributed by atoms with E-state index < -0.39 is 5.82 Å². The van der Waals surface area contributed by atoms with Crippen LogP contribution in [-0.2, 0) is 4.74 Å². The standard InChI is InChI=1S/C15H17FO3/c1-11-4-5-14(19-11)10-18-15-8-12(3-2-6-17)7-13(16)9-15/h7-9,11,14,17H,4-6,10H2,1H3. The van der Waals surface area contributed by atoms with Crippen molar-refractivity contribution in [2.45, 2.75) is 32.0 Å². The van der Waals surface area contributed by atoms with Crippen molar-refractivity contribution in [2.24, 2.45) is 0 Å². The molecule has 0 aromatic heterocycles. The van der Waals surface area contributed by atoms with E-state index in [1.165, 1.54) is 12.1 Å². The Kier molecular flexibility index (Phi) is 4.78. The molecule has 1 saturated heterocycles. The van der Waals surface area contributed by atoms with Gasteiger partial charge >= 0.3 is 0 Å². The molecule has 1 fully saturated rings. The third-order valence-electron chi connectivity index (χ3n) is 2.94. The molecule has 0 spiro atoms. The zero-order valence-electron chi connectivity index (χ0n) is 10.9. The van der Waals surface area contributed by atoms with Gasteiger partial charge in [-0.2, -0.15) is 0 Å². The number of halogens is 1. The minimum absolute atomic E-state index is 0.0743. The molecule has 19 heavy (non-hydrogen) atoms. The van der Waals surface area contributed by atoms with Crippen LogP contribution in [0.15, 0.2) is 18.2 Å². The molecule has 0 aliphatic carbocycles. The van der Waals surface area contributed by atoms with E-state index in [1.54, 1.807) is 6.07 Å². The van der Waals surface area contributed by atoms with Crippen molar-refractivity contribution in [2.75, 3.05) is 13.2 Å². The van der Waals surface area contributed by atoms with E-state index >= 15 is 0 Å². The molecule has 1 heterocycles. The van der Waals surface area contributed by atoms with Crippen molar-refractivity contribution in [3.8, 4) is 17.6 Å². The maximum absolute atomic E-state index is 13.4. The van der Waals surface area contributed by atoms with E-state index in [0.717, 1.165) is 12.8 Å². The molecule has 2 atom stereocenters. The van der Waals surface area contributed by atoms with Gasteiger partial charge < -0.3 is 14.6 Å². The van der Waals surface area contributed by atoms with Crippen LogP contribution < -0.4 is 4.74 Å². The quantitative estimate of drug-likeness (QED) is 0.850. The predicted molar refractivity (Wildman–Crippen MR) is 69.4 cm³/mol. The highest BCUT2D eigenvalue weighted by atomic mass is 19.1. The van der Waals surface area contributed by atoms with Gasteiger partial charge in [-0.3, -0.25) is 0 Å². The van der Waals surface area contributed by atoms with Gasteiger partial charge in [-0.15, -0.1) is 0 Å². The number of aliphatic hydroxyl groups excluding tert-OH is 1. The van der Waals surface area contributed by atoms with Crippen molar-refractivity contribution < 1.29 is 19.0 Å². The van der Waals surface area contributed by atoms with Crippen LogP contribution in [-0.4, -0.2) is 30.5 Å². The molecular weight excluding hydrogens is 247 g/mol. The lowest BCUT2D eigenvalue weighted by Crippen LogP contribution is -2.17. The van der Waals surface area contributed by atoms with E-state index in [1.807, 2.05) is 6.92 Å². The smallest absolute Gasteiger partial charge is 0.128 e. The third-order valence-corrected chi connectivity index (χ3v) is 2.94. The summed E-state index contributed by atoms with van der Waals surface area (Å²) in [6, 6.07) is 4.29.